The molecule has 2 atom stereocenters. The summed E-state index contributed by atoms with van der Waals surface area (Å²) in [5.41, 5.74) is -0.0892. The second-order valence-electron chi connectivity index (χ2n) is 5.45. The maximum Gasteiger partial charge on any atom is 0.251 e. The molecule has 4 nitrogen and oxygen atoms in total. The summed E-state index contributed by atoms with van der Waals surface area (Å²) < 4.78 is 6.07. The van der Waals surface area contributed by atoms with Gasteiger partial charge in [-0.15, -0.1) is 0 Å². The van der Waals surface area contributed by atoms with Gasteiger partial charge in [-0.2, -0.15) is 0 Å². The van der Waals surface area contributed by atoms with E-state index < -0.39 is 0 Å². The van der Waals surface area contributed by atoms with E-state index in [1.807, 2.05) is 18.7 Å². The molecule has 0 radical (unpaired) electrons. The number of hydrogen-bond acceptors (Lipinski definition) is 3. The van der Waals surface area contributed by atoms with Crippen LogP contribution >= 0.6 is 0 Å². The van der Waals surface area contributed by atoms with Gasteiger partial charge in [0, 0.05) is 19.6 Å². The van der Waals surface area contributed by atoms with Crippen LogP contribution in [0.3, 0.4) is 0 Å². The second-order valence-corrected chi connectivity index (χ2v) is 5.45. The van der Waals surface area contributed by atoms with Crippen molar-refractivity contribution in [2.45, 2.75) is 44.8 Å². The van der Waals surface area contributed by atoms with Crippen molar-refractivity contribution in [1.82, 2.24) is 9.80 Å². The van der Waals surface area contributed by atoms with Crippen LogP contribution in [0.15, 0.2) is 0 Å². The zero-order valence-electron chi connectivity index (χ0n) is 11.2. The summed E-state index contributed by atoms with van der Waals surface area (Å²) in [5.74, 6) is 0.149. The lowest BCUT2D eigenvalue weighted by atomic mass is 9.91. The lowest BCUT2D eigenvalue weighted by Gasteiger charge is -2.44. The maximum absolute atomic E-state index is 11.9. The van der Waals surface area contributed by atoms with Gasteiger partial charge in [0.15, 0.2) is 0 Å². The predicted octanol–water partition coefficient (Wildman–Crippen LogP) is 1.11. The average Bonchev–Trinajstić information content (AvgIpc) is 2.47. The minimum absolute atomic E-state index is 0.0892. The molecule has 0 N–H and O–H groups in total. The lowest BCUT2D eigenvalue weighted by Crippen LogP contribution is -2.58. The van der Waals surface area contributed by atoms with Crippen molar-refractivity contribution in [2.75, 3.05) is 33.2 Å². The third kappa shape index (κ3) is 2.63. The van der Waals surface area contributed by atoms with Gasteiger partial charge in [0.2, 0.25) is 0 Å². The summed E-state index contributed by atoms with van der Waals surface area (Å²) in [7, 11) is 2.16. The van der Waals surface area contributed by atoms with E-state index in [1.54, 1.807) is 0 Å². The highest BCUT2D eigenvalue weighted by Gasteiger charge is 2.43. The highest BCUT2D eigenvalue weighted by atomic mass is 16.5. The molecule has 2 heterocycles. The fraction of sp³-hybridized carbons (Fsp3) is 0.923. The lowest BCUT2D eigenvalue weighted by molar-refractivity contribution is -0.182. The molecule has 2 aliphatic rings. The van der Waals surface area contributed by atoms with Crippen molar-refractivity contribution in [2.24, 2.45) is 0 Å². The van der Waals surface area contributed by atoms with Crippen molar-refractivity contribution in [3.05, 3.63) is 0 Å². The molecule has 2 unspecified atom stereocenters. The summed E-state index contributed by atoms with van der Waals surface area (Å²) in [6, 6.07) is 0. The number of ether oxygens (including phenoxy) is 1. The second kappa shape index (κ2) is 4.94. The molecule has 1 spiro atoms. The number of carbonyl (C=O) groups excluding carboxylic acids is 1. The number of likely N-dealkylation sites (N-methyl/N-ethyl adjacent to an activating group) is 1. The summed E-state index contributed by atoms with van der Waals surface area (Å²) in [5, 5.41) is 0. The molecule has 2 rings (SSSR count). The Morgan fingerprint density at radius 3 is 2.88 bits per heavy atom. The third-order valence-corrected chi connectivity index (χ3v) is 4.07. The number of carbonyl (C=O) groups is 1. The molecule has 17 heavy (non-hydrogen) atoms. The Labute approximate surface area is 104 Å². The normalized spacial score (nSPS) is 36.3. The molecule has 0 aromatic carbocycles. The smallest absolute Gasteiger partial charge is 0.251 e. The van der Waals surface area contributed by atoms with Gasteiger partial charge in [-0.1, -0.05) is 0 Å². The van der Waals surface area contributed by atoms with E-state index in [2.05, 4.69) is 11.9 Å². The SMILES string of the molecule is CCN1CC2(CCCN(C)CC2)OC(C)C1=O. The van der Waals surface area contributed by atoms with Crippen molar-refractivity contribution >= 4 is 5.91 Å². The molecule has 0 bridgehead atoms. The first-order valence-electron chi connectivity index (χ1n) is 6.71. The molecular formula is C13H24N2O2. The minimum Gasteiger partial charge on any atom is -0.360 e. The van der Waals surface area contributed by atoms with Crippen LogP contribution in [0.1, 0.15) is 33.1 Å². The van der Waals surface area contributed by atoms with Crippen molar-refractivity contribution in [3.8, 4) is 0 Å². The van der Waals surface area contributed by atoms with Crippen LogP contribution in [0.25, 0.3) is 0 Å². The van der Waals surface area contributed by atoms with Gasteiger partial charge in [-0.3, -0.25) is 4.79 Å². The van der Waals surface area contributed by atoms with Crippen LogP contribution in [0.2, 0.25) is 0 Å². The summed E-state index contributed by atoms with van der Waals surface area (Å²) in [6.07, 6.45) is 3.00. The number of amides is 1. The molecule has 0 aliphatic carbocycles. The number of nitrogens with zero attached hydrogens (tertiary/aromatic N) is 2. The van der Waals surface area contributed by atoms with E-state index in [-0.39, 0.29) is 17.6 Å². The van der Waals surface area contributed by atoms with Crippen LogP contribution in [0, 0.1) is 0 Å². The number of rotatable bonds is 1. The maximum atomic E-state index is 11.9. The van der Waals surface area contributed by atoms with Gasteiger partial charge in [0.1, 0.15) is 6.10 Å². The predicted molar refractivity (Wildman–Crippen MR) is 66.9 cm³/mol. The Morgan fingerprint density at radius 2 is 2.18 bits per heavy atom. The molecule has 2 aliphatic heterocycles. The zero-order chi connectivity index (χ0) is 12.5. The summed E-state index contributed by atoms with van der Waals surface area (Å²) in [4.78, 5) is 16.2. The molecule has 1 amide bonds. The summed E-state index contributed by atoms with van der Waals surface area (Å²) in [6.45, 7) is 7.72. The van der Waals surface area contributed by atoms with E-state index in [4.69, 9.17) is 4.74 Å². The molecule has 4 heteroatoms. The molecule has 0 saturated carbocycles. The first-order chi connectivity index (χ1) is 8.06. The fourth-order valence-corrected chi connectivity index (χ4v) is 2.99. The molecule has 0 aromatic heterocycles. The van der Waals surface area contributed by atoms with E-state index in [0.29, 0.717) is 0 Å². The standard InChI is InChI=1S/C13H24N2O2/c1-4-15-10-13(17-11(2)12(15)16)6-5-8-14(3)9-7-13/h11H,4-10H2,1-3H3. The highest BCUT2D eigenvalue weighted by Crippen LogP contribution is 2.32. The van der Waals surface area contributed by atoms with Crippen LogP contribution < -0.4 is 0 Å². The van der Waals surface area contributed by atoms with E-state index in [0.717, 1.165) is 45.4 Å². The Kier molecular flexibility index (Phi) is 3.73. The Morgan fingerprint density at radius 1 is 1.41 bits per heavy atom. The van der Waals surface area contributed by atoms with Crippen LogP contribution in [-0.4, -0.2) is 60.6 Å². The van der Waals surface area contributed by atoms with Crippen molar-refractivity contribution in [3.63, 3.8) is 0 Å². The van der Waals surface area contributed by atoms with E-state index in [1.165, 1.54) is 0 Å². The topological polar surface area (TPSA) is 32.8 Å². The monoisotopic (exact) mass is 240 g/mol. The number of hydrogen-bond donors (Lipinski definition) is 0. The largest absolute Gasteiger partial charge is 0.360 e. The fourth-order valence-electron chi connectivity index (χ4n) is 2.99. The molecular weight excluding hydrogens is 216 g/mol. The highest BCUT2D eigenvalue weighted by molar-refractivity contribution is 5.81. The number of likely N-dealkylation sites (tertiary alicyclic amines) is 1. The van der Waals surface area contributed by atoms with Crippen molar-refractivity contribution < 1.29 is 9.53 Å². The number of morpholine rings is 1. The quantitative estimate of drug-likeness (QED) is 0.688. The molecule has 2 fully saturated rings. The van der Waals surface area contributed by atoms with Crippen LogP contribution in [-0.2, 0) is 9.53 Å². The van der Waals surface area contributed by atoms with Crippen molar-refractivity contribution in [1.29, 1.82) is 0 Å². The van der Waals surface area contributed by atoms with Gasteiger partial charge >= 0.3 is 0 Å². The van der Waals surface area contributed by atoms with Crippen LogP contribution in [0.5, 0.6) is 0 Å². The first kappa shape index (κ1) is 12.8. The van der Waals surface area contributed by atoms with Gasteiger partial charge < -0.3 is 14.5 Å². The molecule has 2 saturated heterocycles. The van der Waals surface area contributed by atoms with Gasteiger partial charge in [-0.05, 0) is 46.7 Å². The Balaban J connectivity index is 2.11. The molecule has 0 aromatic rings. The average molecular weight is 240 g/mol. The van der Waals surface area contributed by atoms with E-state index in [9.17, 15) is 4.79 Å². The van der Waals surface area contributed by atoms with Gasteiger partial charge in [0.25, 0.3) is 5.91 Å². The minimum atomic E-state index is -0.271. The van der Waals surface area contributed by atoms with Gasteiger partial charge in [0.05, 0.1) is 5.60 Å². The summed E-state index contributed by atoms with van der Waals surface area (Å²) >= 11 is 0. The molecule has 98 valence electrons. The first-order valence-corrected chi connectivity index (χ1v) is 6.71. The van der Waals surface area contributed by atoms with Gasteiger partial charge in [-0.25, -0.2) is 0 Å². The van der Waals surface area contributed by atoms with E-state index >= 15 is 0 Å². The zero-order valence-corrected chi connectivity index (χ0v) is 11.2. The Bertz CT molecular complexity index is 295. The van der Waals surface area contributed by atoms with Crippen LogP contribution in [0.4, 0.5) is 0 Å². The Hall–Kier alpha value is -0.610. The third-order valence-electron chi connectivity index (χ3n) is 4.07.